The van der Waals surface area contributed by atoms with Gasteiger partial charge in [0.15, 0.2) is 0 Å². The van der Waals surface area contributed by atoms with Gasteiger partial charge in [0, 0.05) is 42.2 Å². The zero-order valence-corrected chi connectivity index (χ0v) is 19.7. The van der Waals surface area contributed by atoms with Gasteiger partial charge >= 0.3 is 0 Å². The molecule has 3 aromatic rings. The molecule has 8 heteroatoms. The number of ether oxygens (including phenoxy) is 2. The number of nitrogens with zero attached hydrogens (tertiary/aromatic N) is 3. The number of carbonyl (C=O) groups is 1. The van der Waals surface area contributed by atoms with Gasteiger partial charge < -0.3 is 14.4 Å². The summed E-state index contributed by atoms with van der Waals surface area (Å²) in [4.78, 5) is 19.1. The second-order valence-electron chi connectivity index (χ2n) is 8.22. The fourth-order valence-electron chi connectivity index (χ4n) is 4.60. The molecule has 0 aliphatic carbocycles. The Balaban J connectivity index is 1.51. The lowest BCUT2D eigenvalue weighted by Gasteiger charge is -2.31. The highest BCUT2D eigenvalue weighted by molar-refractivity contribution is 7.98. The zero-order valence-electron chi connectivity index (χ0n) is 18.9. The van der Waals surface area contributed by atoms with E-state index in [1.807, 2.05) is 29.2 Å². The normalized spacial score (nSPS) is 18.5. The van der Waals surface area contributed by atoms with Gasteiger partial charge in [-0.3, -0.25) is 14.8 Å². The second-order valence-corrected chi connectivity index (χ2v) is 9.10. The summed E-state index contributed by atoms with van der Waals surface area (Å²) in [5.74, 6) is 0.794. The lowest BCUT2D eigenvalue weighted by molar-refractivity contribution is 0.0316. The van der Waals surface area contributed by atoms with Crippen LogP contribution >= 0.6 is 11.8 Å². The van der Waals surface area contributed by atoms with Crippen LogP contribution in [-0.2, 0) is 4.74 Å². The van der Waals surface area contributed by atoms with E-state index in [-0.39, 0.29) is 11.9 Å². The number of rotatable bonds is 7. The van der Waals surface area contributed by atoms with E-state index >= 15 is 0 Å². The monoisotopic (exact) mass is 464 g/mol. The van der Waals surface area contributed by atoms with Gasteiger partial charge in [-0.2, -0.15) is 5.10 Å². The third kappa shape index (κ3) is 4.26. The molecule has 1 fully saturated rings. The van der Waals surface area contributed by atoms with Crippen molar-refractivity contribution in [3.8, 4) is 17.0 Å². The highest BCUT2D eigenvalue weighted by Crippen LogP contribution is 2.43. The van der Waals surface area contributed by atoms with E-state index in [4.69, 9.17) is 9.47 Å². The van der Waals surface area contributed by atoms with Gasteiger partial charge in [-0.25, -0.2) is 0 Å². The van der Waals surface area contributed by atoms with Crippen LogP contribution in [0.15, 0.2) is 53.4 Å². The molecule has 7 nitrogen and oxygen atoms in total. The quantitative estimate of drug-likeness (QED) is 0.538. The number of aromatic nitrogens is 2. The third-order valence-corrected chi connectivity index (χ3v) is 7.16. The van der Waals surface area contributed by atoms with Crippen LogP contribution in [0.5, 0.6) is 5.75 Å². The summed E-state index contributed by atoms with van der Waals surface area (Å²) in [6.07, 6.45) is 2.07. The van der Waals surface area contributed by atoms with Crippen LogP contribution in [0.1, 0.15) is 27.7 Å². The number of carbonyl (C=O) groups excluding carboxylic acids is 1. The molecular formula is C25H28N4O3S. The summed E-state index contributed by atoms with van der Waals surface area (Å²) in [5, 5.41) is 7.61. The standard InChI is InChI=1S/C25H28N4O3S/c1-31-19-7-3-17(4-8-19)22-21-23(27-26-22)25(30)29(12-11-28-13-15-32-16-14-28)24(21)18-5-9-20(33-2)10-6-18/h3-10,24H,11-16H2,1-2H3,(H,26,27). The molecule has 3 heterocycles. The zero-order chi connectivity index (χ0) is 22.8. The number of H-pyrrole nitrogens is 1. The Bertz CT molecular complexity index is 1110. The lowest BCUT2D eigenvalue weighted by Crippen LogP contribution is -2.42. The van der Waals surface area contributed by atoms with Crippen LogP contribution in [0, 0.1) is 0 Å². The first-order chi connectivity index (χ1) is 16.2. The van der Waals surface area contributed by atoms with Gasteiger partial charge in [-0.05, 0) is 48.2 Å². The Labute approximate surface area is 198 Å². The molecule has 0 bridgehead atoms. The average molecular weight is 465 g/mol. The van der Waals surface area contributed by atoms with Gasteiger partial charge in [0.2, 0.25) is 0 Å². The molecule has 5 rings (SSSR count). The van der Waals surface area contributed by atoms with E-state index in [1.165, 1.54) is 4.90 Å². The molecular weight excluding hydrogens is 436 g/mol. The van der Waals surface area contributed by atoms with Crippen LogP contribution in [0.25, 0.3) is 11.3 Å². The summed E-state index contributed by atoms with van der Waals surface area (Å²) >= 11 is 1.71. The van der Waals surface area contributed by atoms with E-state index in [1.54, 1.807) is 18.9 Å². The summed E-state index contributed by atoms with van der Waals surface area (Å²) in [6, 6.07) is 16.1. The lowest BCUT2D eigenvalue weighted by atomic mass is 9.96. The van der Waals surface area contributed by atoms with E-state index in [0.29, 0.717) is 12.2 Å². The maximum absolute atomic E-state index is 13.5. The number of hydrogen-bond donors (Lipinski definition) is 1. The number of thioether (sulfide) groups is 1. The molecule has 1 unspecified atom stereocenters. The Morgan fingerprint density at radius 2 is 1.82 bits per heavy atom. The van der Waals surface area contributed by atoms with E-state index < -0.39 is 0 Å². The molecule has 0 spiro atoms. The molecule has 1 atom stereocenters. The molecule has 172 valence electrons. The third-order valence-electron chi connectivity index (χ3n) is 6.42. The average Bonchev–Trinajstić information content (AvgIpc) is 3.42. The van der Waals surface area contributed by atoms with Crippen molar-refractivity contribution < 1.29 is 14.3 Å². The highest BCUT2D eigenvalue weighted by Gasteiger charge is 2.42. The number of fused-ring (bicyclic) bond motifs is 1. The minimum atomic E-state index is -0.180. The van der Waals surface area contributed by atoms with Crippen molar-refractivity contribution in [1.82, 2.24) is 20.0 Å². The SMILES string of the molecule is COc1ccc(-c2n[nH]c3c2C(c2ccc(SC)cc2)N(CCN2CCOCC2)C3=O)cc1. The number of methoxy groups -OCH3 is 1. The first kappa shape index (κ1) is 22.0. The molecule has 2 aromatic carbocycles. The minimum Gasteiger partial charge on any atom is -0.497 e. The van der Waals surface area contributed by atoms with Crippen LogP contribution in [0.2, 0.25) is 0 Å². The molecule has 1 saturated heterocycles. The second kappa shape index (κ2) is 9.59. The first-order valence-electron chi connectivity index (χ1n) is 11.2. The van der Waals surface area contributed by atoms with Gasteiger partial charge in [0.05, 0.1) is 32.1 Å². The predicted molar refractivity (Wildman–Crippen MR) is 129 cm³/mol. The van der Waals surface area contributed by atoms with Gasteiger partial charge in [0.1, 0.15) is 11.4 Å². The fraction of sp³-hybridized carbons (Fsp3) is 0.360. The minimum absolute atomic E-state index is 0.00413. The van der Waals surface area contributed by atoms with Crippen LogP contribution in [-0.4, -0.2) is 78.7 Å². The molecule has 0 radical (unpaired) electrons. The Hall–Kier alpha value is -2.81. The topological polar surface area (TPSA) is 70.7 Å². The van der Waals surface area contributed by atoms with Crippen molar-refractivity contribution in [1.29, 1.82) is 0 Å². The smallest absolute Gasteiger partial charge is 0.273 e. The van der Waals surface area contributed by atoms with Crippen molar-refractivity contribution >= 4 is 17.7 Å². The maximum Gasteiger partial charge on any atom is 0.273 e. The Kier molecular flexibility index (Phi) is 6.39. The van der Waals surface area contributed by atoms with Gasteiger partial charge in [-0.15, -0.1) is 11.8 Å². The molecule has 1 N–H and O–H groups in total. The number of morpholine rings is 1. The van der Waals surface area contributed by atoms with Gasteiger partial charge in [0.25, 0.3) is 5.91 Å². The summed E-state index contributed by atoms with van der Waals surface area (Å²) in [6.45, 7) is 4.77. The van der Waals surface area contributed by atoms with Crippen molar-refractivity contribution in [2.75, 3.05) is 52.8 Å². The number of hydrogen-bond acceptors (Lipinski definition) is 6. The number of amides is 1. The van der Waals surface area contributed by atoms with Crippen molar-refractivity contribution in [2.24, 2.45) is 0 Å². The maximum atomic E-state index is 13.5. The summed E-state index contributed by atoms with van der Waals surface area (Å²) < 4.78 is 10.8. The van der Waals surface area contributed by atoms with Crippen molar-refractivity contribution in [2.45, 2.75) is 10.9 Å². The van der Waals surface area contributed by atoms with Crippen LogP contribution in [0.4, 0.5) is 0 Å². The Morgan fingerprint density at radius 1 is 1.09 bits per heavy atom. The van der Waals surface area contributed by atoms with Crippen LogP contribution < -0.4 is 4.74 Å². The molecule has 2 aliphatic heterocycles. The fourth-order valence-corrected chi connectivity index (χ4v) is 5.01. The van der Waals surface area contributed by atoms with Gasteiger partial charge in [-0.1, -0.05) is 12.1 Å². The van der Waals surface area contributed by atoms with E-state index in [0.717, 1.165) is 61.0 Å². The molecule has 1 aromatic heterocycles. The van der Waals surface area contributed by atoms with E-state index in [2.05, 4.69) is 45.6 Å². The van der Waals surface area contributed by atoms with E-state index in [9.17, 15) is 4.79 Å². The number of aromatic amines is 1. The summed E-state index contributed by atoms with van der Waals surface area (Å²) in [5.41, 5.74) is 4.40. The number of nitrogens with one attached hydrogen (secondary N) is 1. The molecule has 33 heavy (non-hydrogen) atoms. The van der Waals surface area contributed by atoms with Crippen LogP contribution in [0.3, 0.4) is 0 Å². The highest BCUT2D eigenvalue weighted by atomic mass is 32.2. The largest absolute Gasteiger partial charge is 0.497 e. The first-order valence-corrected chi connectivity index (χ1v) is 12.4. The molecule has 1 amide bonds. The van der Waals surface area contributed by atoms with Crippen molar-refractivity contribution in [3.05, 3.63) is 65.4 Å². The summed E-state index contributed by atoms with van der Waals surface area (Å²) in [7, 11) is 1.65. The Morgan fingerprint density at radius 3 is 2.48 bits per heavy atom. The molecule has 2 aliphatic rings. The number of benzene rings is 2. The predicted octanol–water partition coefficient (Wildman–Crippen LogP) is 3.68. The van der Waals surface area contributed by atoms with Crippen molar-refractivity contribution in [3.63, 3.8) is 0 Å². The molecule has 0 saturated carbocycles.